The van der Waals surface area contributed by atoms with Gasteiger partial charge in [0.15, 0.2) is 0 Å². The molecule has 0 aliphatic carbocycles. The molecule has 1 aliphatic heterocycles. The van der Waals surface area contributed by atoms with E-state index in [1.165, 1.54) is 5.56 Å². The van der Waals surface area contributed by atoms with Gasteiger partial charge < -0.3 is 15.0 Å². The third-order valence-electron chi connectivity index (χ3n) is 5.25. The lowest BCUT2D eigenvalue weighted by atomic mass is 10.1. The standard InChI is InChI=1S/C22H26N4O2/c1-16-5-3-7-21(17(16)2)28-12-10-22(27)26-11-4-6-20(26)15-25-19-9-8-18(13-23)24-14-19/h3,5,7-9,14,20,25H,4,6,10-12,15H2,1-2H3/t20-/m1/s1. The number of anilines is 1. The Kier molecular flexibility index (Phi) is 6.49. The Labute approximate surface area is 166 Å². The van der Waals surface area contributed by atoms with Crippen LogP contribution in [0.5, 0.6) is 5.75 Å². The van der Waals surface area contributed by atoms with E-state index in [2.05, 4.69) is 23.3 Å². The summed E-state index contributed by atoms with van der Waals surface area (Å²) in [6.07, 6.45) is 4.03. The monoisotopic (exact) mass is 378 g/mol. The number of amides is 1. The molecule has 1 aromatic heterocycles. The van der Waals surface area contributed by atoms with Crippen molar-refractivity contribution in [2.75, 3.05) is 25.0 Å². The molecular weight excluding hydrogens is 352 g/mol. The first-order chi connectivity index (χ1) is 13.6. The van der Waals surface area contributed by atoms with Crippen molar-refractivity contribution in [3.8, 4) is 11.8 Å². The summed E-state index contributed by atoms with van der Waals surface area (Å²) in [4.78, 5) is 18.7. The lowest BCUT2D eigenvalue weighted by Crippen LogP contribution is -2.40. The quantitative estimate of drug-likeness (QED) is 0.798. The highest BCUT2D eigenvalue weighted by Gasteiger charge is 2.28. The van der Waals surface area contributed by atoms with Crippen LogP contribution >= 0.6 is 0 Å². The molecule has 0 unspecified atom stereocenters. The number of likely N-dealkylation sites (tertiary alicyclic amines) is 1. The van der Waals surface area contributed by atoms with Gasteiger partial charge in [0, 0.05) is 19.1 Å². The van der Waals surface area contributed by atoms with E-state index in [0.29, 0.717) is 25.3 Å². The van der Waals surface area contributed by atoms with Gasteiger partial charge >= 0.3 is 0 Å². The van der Waals surface area contributed by atoms with Gasteiger partial charge in [-0.1, -0.05) is 12.1 Å². The van der Waals surface area contributed by atoms with Gasteiger partial charge in [-0.3, -0.25) is 4.79 Å². The Bertz CT molecular complexity index is 858. The number of carbonyl (C=O) groups excluding carboxylic acids is 1. The molecule has 3 rings (SSSR count). The van der Waals surface area contributed by atoms with Crippen LogP contribution in [0, 0.1) is 25.2 Å². The maximum Gasteiger partial charge on any atom is 0.226 e. The summed E-state index contributed by atoms with van der Waals surface area (Å²) in [6.45, 7) is 5.95. The van der Waals surface area contributed by atoms with E-state index in [4.69, 9.17) is 10.00 Å². The van der Waals surface area contributed by atoms with E-state index in [1.54, 1.807) is 12.3 Å². The Morgan fingerprint density at radius 2 is 2.21 bits per heavy atom. The largest absolute Gasteiger partial charge is 0.493 e. The van der Waals surface area contributed by atoms with Crippen LogP contribution < -0.4 is 10.1 Å². The first kappa shape index (κ1) is 19.7. The second-order valence-corrected chi connectivity index (χ2v) is 7.10. The molecule has 2 heterocycles. The van der Waals surface area contributed by atoms with Crippen LogP contribution in [0.25, 0.3) is 0 Å². The molecule has 1 amide bonds. The first-order valence-corrected chi connectivity index (χ1v) is 9.67. The van der Waals surface area contributed by atoms with E-state index in [0.717, 1.165) is 36.4 Å². The van der Waals surface area contributed by atoms with Gasteiger partial charge in [-0.15, -0.1) is 0 Å². The third kappa shape index (κ3) is 4.80. The number of carbonyl (C=O) groups is 1. The van der Waals surface area contributed by atoms with E-state index in [9.17, 15) is 4.79 Å². The van der Waals surface area contributed by atoms with Gasteiger partial charge in [0.1, 0.15) is 17.5 Å². The number of ether oxygens (including phenoxy) is 1. The van der Waals surface area contributed by atoms with Crippen LogP contribution in [0.15, 0.2) is 36.5 Å². The highest BCUT2D eigenvalue weighted by Crippen LogP contribution is 2.22. The predicted molar refractivity (Wildman–Crippen MR) is 108 cm³/mol. The topological polar surface area (TPSA) is 78.2 Å². The number of rotatable bonds is 7. The first-order valence-electron chi connectivity index (χ1n) is 9.67. The van der Waals surface area contributed by atoms with E-state index in [1.807, 2.05) is 36.1 Å². The van der Waals surface area contributed by atoms with Crippen molar-refractivity contribution in [1.82, 2.24) is 9.88 Å². The van der Waals surface area contributed by atoms with Crippen LogP contribution in [0.3, 0.4) is 0 Å². The summed E-state index contributed by atoms with van der Waals surface area (Å²) >= 11 is 0. The fourth-order valence-corrected chi connectivity index (χ4v) is 3.45. The number of aryl methyl sites for hydroxylation is 1. The van der Waals surface area contributed by atoms with Crippen LogP contribution in [-0.4, -0.2) is 41.5 Å². The van der Waals surface area contributed by atoms with E-state index in [-0.39, 0.29) is 11.9 Å². The molecule has 1 atom stereocenters. The second kappa shape index (κ2) is 9.23. The molecule has 2 aromatic rings. The van der Waals surface area contributed by atoms with Crippen molar-refractivity contribution in [3.63, 3.8) is 0 Å². The Hall–Kier alpha value is -3.07. The summed E-state index contributed by atoms with van der Waals surface area (Å²) in [5.41, 5.74) is 3.56. The summed E-state index contributed by atoms with van der Waals surface area (Å²) in [7, 11) is 0. The minimum Gasteiger partial charge on any atom is -0.493 e. The summed E-state index contributed by atoms with van der Waals surface area (Å²) < 4.78 is 5.84. The molecule has 0 bridgehead atoms. The minimum absolute atomic E-state index is 0.132. The average Bonchev–Trinajstić information content (AvgIpc) is 3.18. The number of hydrogen-bond donors (Lipinski definition) is 1. The van der Waals surface area contributed by atoms with E-state index >= 15 is 0 Å². The Morgan fingerprint density at radius 3 is 2.96 bits per heavy atom. The molecule has 0 spiro atoms. The smallest absolute Gasteiger partial charge is 0.226 e. The molecule has 1 aliphatic rings. The molecule has 0 saturated carbocycles. The van der Waals surface area contributed by atoms with Crippen molar-refractivity contribution < 1.29 is 9.53 Å². The third-order valence-corrected chi connectivity index (χ3v) is 5.25. The fourth-order valence-electron chi connectivity index (χ4n) is 3.45. The number of nitriles is 1. The Balaban J connectivity index is 1.48. The second-order valence-electron chi connectivity index (χ2n) is 7.10. The van der Waals surface area contributed by atoms with E-state index < -0.39 is 0 Å². The normalized spacial score (nSPS) is 15.9. The van der Waals surface area contributed by atoms with Gasteiger partial charge in [-0.25, -0.2) is 4.98 Å². The zero-order chi connectivity index (χ0) is 19.9. The predicted octanol–water partition coefficient (Wildman–Crippen LogP) is 3.44. The molecule has 146 valence electrons. The molecule has 6 heteroatoms. The highest BCUT2D eigenvalue weighted by molar-refractivity contribution is 5.77. The van der Waals surface area contributed by atoms with Crippen molar-refractivity contribution >= 4 is 11.6 Å². The van der Waals surface area contributed by atoms with Gasteiger partial charge in [0.2, 0.25) is 5.91 Å². The van der Waals surface area contributed by atoms with Crippen molar-refractivity contribution in [3.05, 3.63) is 53.3 Å². The molecular formula is C22H26N4O2. The van der Waals surface area contributed by atoms with Crippen molar-refractivity contribution in [2.24, 2.45) is 0 Å². The number of nitrogens with one attached hydrogen (secondary N) is 1. The van der Waals surface area contributed by atoms with Crippen LogP contribution in [-0.2, 0) is 4.79 Å². The molecule has 1 aromatic carbocycles. The number of pyridine rings is 1. The number of benzene rings is 1. The maximum absolute atomic E-state index is 12.7. The highest BCUT2D eigenvalue weighted by atomic mass is 16.5. The average molecular weight is 378 g/mol. The van der Waals surface area contributed by atoms with Gasteiger partial charge in [0.05, 0.1) is 24.9 Å². The van der Waals surface area contributed by atoms with Crippen LogP contribution in [0.2, 0.25) is 0 Å². The molecule has 6 nitrogen and oxygen atoms in total. The maximum atomic E-state index is 12.7. The molecule has 28 heavy (non-hydrogen) atoms. The fraction of sp³-hybridized carbons (Fsp3) is 0.409. The van der Waals surface area contributed by atoms with Gasteiger partial charge in [-0.2, -0.15) is 5.26 Å². The number of aromatic nitrogens is 1. The van der Waals surface area contributed by atoms with Crippen LogP contribution in [0.4, 0.5) is 5.69 Å². The number of nitrogens with zero attached hydrogens (tertiary/aromatic N) is 3. The number of hydrogen-bond acceptors (Lipinski definition) is 5. The summed E-state index contributed by atoms with van der Waals surface area (Å²) in [5.74, 6) is 0.980. The lowest BCUT2D eigenvalue weighted by Gasteiger charge is -2.25. The van der Waals surface area contributed by atoms with Crippen molar-refractivity contribution in [1.29, 1.82) is 5.26 Å². The molecule has 1 fully saturated rings. The molecule has 0 radical (unpaired) electrons. The SMILES string of the molecule is Cc1cccc(OCCC(=O)N2CCC[C@@H]2CNc2ccc(C#N)nc2)c1C. The molecule has 1 saturated heterocycles. The Morgan fingerprint density at radius 1 is 1.36 bits per heavy atom. The summed E-state index contributed by atoms with van der Waals surface area (Å²) in [6, 6.07) is 11.7. The minimum atomic E-state index is 0.132. The zero-order valence-corrected chi connectivity index (χ0v) is 16.4. The zero-order valence-electron chi connectivity index (χ0n) is 16.4. The van der Waals surface area contributed by atoms with Crippen LogP contribution in [0.1, 0.15) is 36.1 Å². The van der Waals surface area contributed by atoms with Gasteiger partial charge in [-0.05, 0) is 56.0 Å². The molecule has 1 N–H and O–H groups in total. The van der Waals surface area contributed by atoms with Crippen molar-refractivity contribution in [2.45, 2.75) is 39.2 Å². The lowest BCUT2D eigenvalue weighted by molar-refractivity contribution is -0.132. The van der Waals surface area contributed by atoms with Gasteiger partial charge in [0.25, 0.3) is 0 Å². The summed E-state index contributed by atoms with van der Waals surface area (Å²) in [5, 5.41) is 12.1.